The molecule has 25 heavy (non-hydrogen) atoms. The molecule has 1 heterocycles. The zero-order chi connectivity index (χ0) is 17.8. The van der Waals surface area contributed by atoms with E-state index in [0.717, 1.165) is 0 Å². The van der Waals surface area contributed by atoms with Gasteiger partial charge in [0, 0.05) is 0 Å². The lowest BCUT2D eigenvalue weighted by Gasteiger charge is -2.14. The van der Waals surface area contributed by atoms with Crippen LogP contribution in [0.25, 0.3) is 0 Å². The molecule has 1 fully saturated rings. The minimum atomic E-state index is -2.88. The van der Waals surface area contributed by atoms with Crippen LogP contribution in [0.3, 0.4) is 0 Å². The first-order valence-corrected chi connectivity index (χ1v) is 7.28. The predicted molar refractivity (Wildman–Crippen MR) is 90.3 cm³/mol. The molecule has 1 aliphatic rings. The SMILES string of the molecule is C=C1NN(c2ccccc2)C(=O)C1=NNc1ccc(OC(F)F)cc1. The van der Waals surface area contributed by atoms with E-state index in [0.29, 0.717) is 17.1 Å². The molecule has 3 rings (SSSR count). The first kappa shape index (κ1) is 16.4. The number of nitrogens with zero attached hydrogens (tertiary/aromatic N) is 2. The summed E-state index contributed by atoms with van der Waals surface area (Å²) in [5, 5.41) is 5.38. The van der Waals surface area contributed by atoms with Crippen molar-refractivity contribution < 1.29 is 18.3 Å². The second kappa shape index (κ2) is 7.00. The Labute approximate surface area is 142 Å². The molecule has 2 aromatic carbocycles. The number of hydrogen-bond donors (Lipinski definition) is 2. The fourth-order valence-corrected chi connectivity index (χ4v) is 2.18. The van der Waals surface area contributed by atoms with E-state index in [1.54, 1.807) is 12.1 Å². The number of rotatable bonds is 5. The van der Waals surface area contributed by atoms with Gasteiger partial charge in [-0.25, -0.2) is 5.01 Å². The van der Waals surface area contributed by atoms with Crippen LogP contribution in [0, 0.1) is 0 Å². The number of benzene rings is 2. The summed E-state index contributed by atoms with van der Waals surface area (Å²) in [6.45, 7) is 0.892. The molecule has 1 amide bonds. The molecule has 6 nitrogen and oxygen atoms in total. The zero-order valence-corrected chi connectivity index (χ0v) is 12.9. The molecular formula is C17H14F2N4O2. The molecule has 0 radical (unpaired) electrons. The highest BCUT2D eigenvalue weighted by atomic mass is 19.3. The zero-order valence-electron chi connectivity index (χ0n) is 12.9. The van der Waals surface area contributed by atoms with Crippen LogP contribution in [-0.2, 0) is 4.79 Å². The molecule has 0 bridgehead atoms. The van der Waals surface area contributed by atoms with Crippen molar-refractivity contribution in [1.82, 2.24) is 5.43 Å². The van der Waals surface area contributed by atoms with Crippen LogP contribution >= 0.6 is 0 Å². The Balaban J connectivity index is 1.71. The van der Waals surface area contributed by atoms with E-state index in [1.807, 2.05) is 18.2 Å². The lowest BCUT2D eigenvalue weighted by Crippen LogP contribution is -2.34. The predicted octanol–water partition coefficient (Wildman–Crippen LogP) is 3.12. The quantitative estimate of drug-likeness (QED) is 0.818. The van der Waals surface area contributed by atoms with Gasteiger partial charge in [-0.1, -0.05) is 24.8 Å². The van der Waals surface area contributed by atoms with Gasteiger partial charge in [0.1, 0.15) is 5.75 Å². The van der Waals surface area contributed by atoms with Crippen LogP contribution in [-0.4, -0.2) is 18.2 Å². The van der Waals surface area contributed by atoms with Gasteiger partial charge in [0.15, 0.2) is 5.71 Å². The van der Waals surface area contributed by atoms with Gasteiger partial charge in [-0.05, 0) is 36.4 Å². The van der Waals surface area contributed by atoms with Crippen molar-refractivity contribution >= 4 is 23.0 Å². The summed E-state index contributed by atoms with van der Waals surface area (Å²) in [5.74, 6) is -0.326. The van der Waals surface area contributed by atoms with Gasteiger partial charge >= 0.3 is 6.61 Å². The summed E-state index contributed by atoms with van der Waals surface area (Å²) in [6.07, 6.45) is 0. The number of amides is 1. The van der Waals surface area contributed by atoms with Crippen molar-refractivity contribution in [2.24, 2.45) is 5.10 Å². The second-order valence-electron chi connectivity index (χ2n) is 5.04. The highest BCUT2D eigenvalue weighted by Crippen LogP contribution is 2.20. The summed E-state index contributed by atoms with van der Waals surface area (Å²) in [6, 6.07) is 14.8. The standard InChI is InChI=1S/C17H14F2N4O2/c1-11-15(16(24)23(22-11)13-5-3-2-4-6-13)21-20-12-7-9-14(10-8-12)25-17(18)19/h2-10,17,20,22H,1H2. The normalized spacial score (nSPS) is 15.6. The summed E-state index contributed by atoms with van der Waals surface area (Å²) in [4.78, 5) is 12.4. The fraction of sp³-hybridized carbons (Fsp3) is 0.0588. The lowest BCUT2D eigenvalue weighted by atomic mass is 10.3. The van der Waals surface area contributed by atoms with Crippen molar-refractivity contribution in [2.75, 3.05) is 10.4 Å². The Morgan fingerprint density at radius 1 is 1.12 bits per heavy atom. The van der Waals surface area contributed by atoms with Crippen molar-refractivity contribution in [3.63, 3.8) is 0 Å². The average molecular weight is 344 g/mol. The number of anilines is 2. The number of alkyl halides is 2. The van der Waals surface area contributed by atoms with E-state index in [2.05, 4.69) is 27.3 Å². The molecule has 0 spiro atoms. The Bertz CT molecular complexity index is 807. The number of halogens is 2. The molecule has 0 atom stereocenters. The summed E-state index contributed by atoms with van der Waals surface area (Å²) in [5.41, 5.74) is 7.18. The molecule has 0 unspecified atom stereocenters. The maximum absolute atomic E-state index is 12.4. The number of carbonyl (C=O) groups is 1. The van der Waals surface area contributed by atoms with E-state index in [-0.39, 0.29) is 17.4 Å². The lowest BCUT2D eigenvalue weighted by molar-refractivity contribution is -0.112. The molecule has 2 N–H and O–H groups in total. The molecule has 8 heteroatoms. The van der Waals surface area contributed by atoms with E-state index in [4.69, 9.17) is 0 Å². The highest BCUT2D eigenvalue weighted by molar-refractivity contribution is 6.51. The van der Waals surface area contributed by atoms with E-state index < -0.39 is 6.61 Å². The third-order valence-corrected chi connectivity index (χ3v) is 3.33. The van der Waals surface area contributed by atoms with E-state index >= 15 is 0 Å². The van der Waals surface area contributed by atoms with Crippen LogP contribution in [0.2, 0.25) is 0 Å². The number of carbonyl (C=O) groups excluding carboxylic acids is 1. The second-order valence-corrected chi connectivity index (χ2v) is 5.04. The minimum absolute atomic E-state index is 0.0338. The van der Waals surface area contributed by atoms with Gasteiger partial charge in [0.05, 0.1) is 17.1 Å². The largest absolute Gasteiger partial charge is 0.435 e. The first-order chi connectivity index (χ1) is 12.0. The van der Waals surface area contributed by atoms with Gasteiger partial charge in [-0.2, -0.15) is 13.9 Å². The van der Waals surface area contributed by atoms with Crippen LogP contribution in [0.15, 0.2) is 72.0 Å². The third-order valence-electron chi connectivity index (χ3n) is 3.33. The minimum Gasteiger partial charge on any atom is -0.435 e. The van der Waals surface area contributed by atoms with E-state index in [9.17, 15) is 13.6 Å². The van der Waals surface area contributed by atoms with Crippen LogP contribution < -0.4 is 20.6 Å². The summed E-state index contributed by atoms with van der Waals surface area (Å²) in [7, 11) is 0. The molecule has 2 aromatic rings. The molecule has 1 saturated heterocycles. The monoisotopic (exact) mass is 344 g/mol. The highest BCUT2D eigenvalue weighted by Gasteiger charge is 2.32. The Morgan fingerprint density at radius 3 is 2.44 bits per heavy atom. The van der Waals surface area contributed by atoms with Crippen LogP contribution in [0.5, 0.6) is 5.75 Å². The average Bonchev–Trinajstić information content (AvgIpc) is 2.89. The molecule has 1 aliphatic heterocycles. The van der Waals surface area contributed by atoms with Gasteiger partial charge in [-0.15, -0.1) is 0 Å². The first-order valence-electron chi connectivity index (χ1n) is 7.28. The van der Waals surface area contributed by atoms with Crippen molar-refractivity contribution in [2.45, 2.75) is 6.61 Å². The maximum atomic E-state index is 12.4. The van der Waals surface area contributed by atoms with Gasteiger partial charge in [0.2, 0.25) is 0 Å². The van der Waals surface area contributed by atoms with Crippen molar-refractivity contribution in [1.29, 1.82) is 0 Å². The molecule has 0 aliphatic carbocycles. The summed E-state index contributed by atoms with van der Waals surface area (Å²) >= 11 is 0. The van der Waals surface area contributed by atoms with Crippen molar-refractivity contribution in [3.8, 4) is 5.75 Å². The molecule has 0 aromatic heterocycles. The topological polar surface area (TPSA) is 66.0 Å². The number of hydrazone groups is 1. The number of ether oxygens (including phenoxy) is 1. The van der Waals surface area contributed by atoms with E-state index in [1.165, 1.54) is 29.3 Å². The van der Waals surface area contributed by atoms with Gasteiger partial charge in [0.25, 0.3) is 5.91 Å². The maximum Gasteiger partial charge on any atom is 0.387 e. The van der Waals surface area contributed by atoms with Crippen molar-refractivity contribution in [3.05, 3.63) is 66.9 Å². The molecule has 0 saturated carbocycles. The number of hydrazine groups is 1. The summed E-state index contributed by atoms with van der Waals surface area (Å²) < 4.78 is 28.5. The third kappa shape index (κ3) is 3.74. The van der Waals surface area contributed by atoms with Crippen LogP contribution in [0.1, 0.15) is 0 Å². The number of hydrogen-bond acceptors (Lipinski definition) is 5. The Hall–Kier alpha value is -3.42. The number of para-hydroxylation sites is 1. The fourth-order valence-electron chi connectivity index (χ4n) is 2.18. The van der Waals surface area contributed by atoms with Gasteiger partial charge in [-0.3, -0.25) is 15.6 Å². The Kier molecular flexibility index (Phi) is 4.60. The Morgan fingerprint density at radius 2 is 1.80 bits per heavy atom. The molecule has 128 valence electrons. The van der Waals surface area contributed by atoms with Gasteiger partial charge < -0.3 is 4.74 Å². The molecular weight excluding hydrogens is 330 g/mol. The van der Waals surface area contributed by atoms with Crippen LogP contribution in [0.4, 0.5) is 20.2 Å². The number of nitrogens with one attached hydrogen (secondary N) is 2. The smallest absolute Gasteiger partial charge is 0.387 e.